The van der Waals surface area contributed by atoms with Crippen LogP contribution in [-0.2, 0) is 13.0 Å². The van der Waals surface area contributed by atoms with Crippen LogP contribution >= 0.6 is 11.6 Å². The van der Waals surface area contributed by atoms with Crippen molar-refractivity contribution < 1.29 is 0 Å². The molecule has 0 fully saturated rings. The third-order valence-electron chi connectivity index (χ3n) is 1.70. The van der Waals surface area contributed by atoms with Crippen LogP contribution in [0.1, 0.15) is 18.1 Å². The van der Waals surface area contributed by atoms with Crippen molar-refractivity contribution in [2.45, 2.75) is 19.9 Å². The lowest BCUT2D eigenvalue weighted by Gasteiger charge is -2.02. The molecule has 0 bridgehead atoms. The van der Waals surface area contributed by atoms with Crippen LogP contribution in [0.3, 0.4) is 0 Å². The third kappa shape index (κ3) is 1.95. The second kappa shape index (κ2) is 3.74. The molecule has 0 amide bonds. The predicted octanol–water partition coefficient (Wildman–Crippen LogP) is 2.69. The van der Waals surface area contributed by atoms with Crippen LogP contribution in [0.2, 0.25) is 5.02 Å². The monoisotopic (exact) mass is 168 g/mol. The minimum atomic E-state index is 0.337. The molecule has 0 saturated carbocycles. The number of benzene rings is 1. The van der Waals surface area contributed by atoms with Crippen molar-refractivity contribution in [1.29, 1.82) is 0 Å². The van der Waals surface area contributed by atoms with E-state index in [0.717, 1.165) is 22.6 Å². The Bertz CT molecular complexity index is 245. The minimum absolute atomic E-state index is 0.337. The molecular weight excluding hydrogens is 158 g/mol. The second-order valence-corrected chi connectivity index (χ2v) is 2.86. The van der Waals surface area contributed by atoms with Gasteiger partial charge in [0.1, 0.15) is 0 Å². The first-order chi connectivity index (χ1) is 5.27. The highest BCUT2D eigenvalue weighted by Gasteiger charge is 1.97. The van der Waals surface area contributed by atoms with Gasteiger partial charge in [0, 0.05) is 11.6 Å². The summed E-state index contributed by atoms with van der Waals surface area (Å²) < 4.78 is 0. The molecule has 11 heavy (non-hydrogen) atoms. The predicted molar refractivity (Wildman–Crippen MR) is 47.6 cm³/mol. The summed E-state index contributed by atoms with van der Waals surface area (Å²) in [4.78, 5) is 0. The Morgan fingerprint density at radius 2 is 2.18 bits per heavy atom. The van der Waals surface area contributed by atoms with E-state index < -0.39 is 0 Å². The van der Waals surface area contributed by atoms with Gasteiger partial charge in [-0.25, -0.2) is 0 Å². The zero-order valence-corrected chi connectivity index (χ0v) is 7.28. The summed E-state index contributed by atoms with van der Waals surface area (Å²) in [6.07, 6.45) is 0.937. The zero-order valence-electron chi connectivity index (χ0n) is 6.52. The molecule has 1 nitrogen and oxygen atoms in total. The number of rotatable bonds is 2. The van der Waals surface area contributed by atoms with Crippen LogP contribution in [0.25, 0.3) is 0 Å². The minimum Gasteiger partial charge on any atom is -0.253 e. The van der Waals surface area contributed by atoms with Gasteiger partial charge in [0.15, 0.2) is 0 Å². The summed E-state index contributed by atoms with van der Waals surface area (Å²) in [5, 5.41) is 0.810. The molecule has 0 aromatic heterocycles. The lowest BCUT2D eigenvalue weighted by atomic mass is 10.1. The van der Waals surface area contributed by atoms with Crippen molar-refractivity contribution in [2.24, 2.45) is 0 Å². The van der Waals surface area contributed by atoms with Crippen molar-refractivity contribution in [3.8, 4) is 0 Å². The van der Waals surface area contributed by atoms with Gasteiger partial charge in [0.25, 0.3) is 0 Å². The molecule has 0 heterocycles. The molecule has 0 atom stereocenters. The maximum Gasteiger partial charge on any atom is 0.0438 e. The Labute approximate surface area is 72.2 Å². The first-order valence-electron chi connectivity index (χ1n) is 3.69. The lowest BCUT2D eigenvalue weighted by molar-refractivity contribution is 1.01. The van der Waals surface area contributed by atoms with E-state index in [-0.39, 0.29) is 0 Å². The van der Waals surface area contributed by atoms with E-state index in [4.69, 9.17) is 17.3 Å². The maximum atomic E-state index is 7.14. The first-order valence-corrected chi connectivity index (χ1v) is 4.07. The van der Waals surface area contributed by atoms with Crippen molar-refractivity contribution in [2.75, 3.05) is 0 Å². The Kier molecular flexibility index (Phi) is 2.92. The fourth-order valence-electron chi connectivity index (χ4n) is 1.01. The van der Waals surface area contributed by atoms with Gasteiger partial charge in [0.05, 0.1) is 0 Å². The van der Waals surface area contributed by atoms with Crippen LogP contribution in [0.4, 0.5) is 0 Å². The summed E-state index contributed by atoms with van der Waals surface area (Å²) in [5.74, 6) is 0. The number of aryl methyl sites for hydroxylation is 1. The quantitative estimate of drug-likeness (QED) is 0.649. The van der Waals surface area contributed by atoms with Gasteiger partial charge < -0.3 is 0 Å². The van der Waals surface area contributed by atoms with E-state index in [0.29, 0.717) is 6.54 Å². The summed E-state index contributed by atoms with van der Waals surface area (Å²) in [6.45, 7) is 2.40. The molecular formula is C9H11ClN. The van der Waals surface area contributed by atoms with Gasteiger partial charge >= 0.3 is 0 Å². The highest BCUT2D eigenvalue weighted by atomic mass is 35.5. The molecule has 0 saturated heterocycles. The van der Waals surface area contributed by atoms with E-state index in [1.807, 2.05) is 18.2 Å². The van der Waals surface area contributed by atoms with Crippen LogP contribution in [0, 0.1) is 0 Å². The highest BCUT2D eigenvalue weighted by Crippen LogP contribution is 2.17. The van der Waals surface area contributed by atoms with Crippen LogP contribution in [-0.4, -0.2) is 0 Å². The topological polar surface area (TPSA) is 23.8 Å². The molecule has 0 unspecified atom stereocenters. The normalized spacial score (nSPS) is 10.1. The zero-order chi connectivity index (χ0) is 8.27. The molecule has 0 spiro atoms. The second-order valence-electron chi connectivity index (χ2n) is 2.46. The molecule has 1 aromatic rings. The molecule has 1 rings (SSSR count). The molecule has 0 aliphatic rings. The molecule has 0 aliphatic carbocycles. The highest BCUT2D eigenvalue weighted by molar-refractivity contribution is 6.31. The third-order valence-corrected chi connectivity index (χ3v) is 2.06. The number of hydrogen-bond acceptors (Lipinski definition) is 0. The van der Waals surface area contributed by atoms with E-state index in [2.05, 4.69) is 6.92 Å². The lowest BCUT2D eigenvalue weighted by Crippen LogP contribution is -1.88. The summed E-state index contributed by atoms with van der Waals surface area (Å²) in [5.41, 5.74) is 9.31. The smallest absolute Gasteiger partial charge is 0.0438 e. The van der Waals surface area contributed by atoms with Gasteiger partial charge in [-0.15, -0.1) is 0 Å². The first kappa shape index (κ1) is 8.57. The molecule has 59 valence electrons. The fraction of sp³-hybridized carbons (Fsp3) is 0.333. The van der Waals surface area contributed by atoms with Crippen LogP contribution in [0.5, 0.6) is 0 Å². The van der Waals surface area contributed by atoms with Crippen LogP contribution < -0.4 is 5.73 Å². The van der Waals surface area contributed by atoms with Crippen molar-refractivity contribution >= 4 is 11.6 Å². The number of nitrogens with one attached hydrogen (secondary N) is 1. The number of hydrogen-bond donors (Lipinski definition) is 0. The van der Waals surface area contributed by atoms with Crippen molar-refractivity contribution in [1.82, 2.24) is 5.73 Å². The van der Waals surface area contributed by atoms with Gasteiger partial charge in [-0.3, -0.25) is 5.73 Å². The van der Waals surface area contributed by atoms with E-state index in [1.165, 1.54) is 0 Å². The largest absolute Gasteiger partial charge is 0.253 e. The molecule has 1 aromatic carbocycles. The van der Waals surface area contributed by atoms with E-state index in [9.17, 15) is 0 Å². The Balaban J connectivity index is 3.02. The summed E-state index contributed by atoms with van der Waals surface area (Å²) in [7, 11) is 0. The Morgan fingerprint density at radius 3 is 2.73 bits per heavy atom. The number of halogens is 1. The maximum absolute atomic E-state index is 7.14. The Morgan fingerprint density at radius 1 is 1.45 bits per heavy atom. The van der Waals surface area contributed by atoms with E-state index >= 15 is 0 Å². The summed E-state index contributed by atoms with van der Waals surface area (Å²) >= 11 is 5.89. The van der Waals surface area contributed by atoms with Crippen LogP contribution in [0.15, 0.2) is 18.2 Å². The van der Waals surface area contributed by atoms with Gasteiger partial charge in [0.2, 0.25) is 0 Å². The van der Waals surface area contributed by atoms with Crippen molar-refractivity contribution in [3.05, 3.63) is 34.3 Å². The average Bonchev–Trinajstić information content (AvgIpc) is 2.05. The molecule has 1 N–H and O–H groups in total. The van der Waals surface area contributed by atoms with Crippen molar-refractivity contribution in [3.63, 3.8) is 0 Å². The molecule has 2 heteroatoms. The fourth-order valence-corrected chi connectivity index (χ4v) is 1.26. The summed E-state index contributed by atoms with van der Waals surface area (Å²) in [6, 6.07) is 5.76. The van der Waals surface area contributed by atoms with E-state index in [1.54, 1.807) is 0 Å². The standard InChI is InChI=1S/C9H11ClN/c1-2-8-5-7(6-11)3-4-9(8)10/h3-5,11H,2,6H2,1H3. The molecule has 0 aliphatic heterocycles. The average molecular weight is 169 g/mol. The Hall–Kier alpha value is -0.530. The van der Waals surface area contributed by atoms with Gasteiger partial charge in [-0.05, 0) is 23.6 Å². The molecule has 1 radical (unpaired) electrons. The van der Waals surface area contributed by atoms with Gasteiger partial charge in [-0.1, -0.05) is 30.7 Å². The SMILES string of the molecule is CCc1cc(C[NH])ccc1Cl. The van der Waals surface area contributed by atoms with Gasteiger partial charge in [-0.2, -0.15) is 0 Å².